The summed E-state index contributed by atoms with van der Waals surface area (Å²) < 4.78 is 0. The summed E-state index contributed by atoms with van der Waals surface area (Å²) >= 11 is 1.54. The first-order chi connectivity index (χ1) is 7.05. The van der Waals surface area contributed by atoms with Crippen molar-refractivity contribution in [3.8, 4) is 0 Å². The van der Waals surface area contributed by atoms with Crippen LogP contribution in [0.15, 0.2) is 6.20 Å². The molecule has 1 aliphatic rings. The van der Waals surface area contributed by atoms with Crippen LogP contribution in [0.5, 0.6) is 0 Å². The summed E-state index contributed by atoms with van der Waals surface area (Å²) in [6.07, 6.45) is 6.80. The lowest BCUT2D eigenvalue weighted by Gasteiger charge is -2.34. The molecule has 1 aliphatic carbocycles. The Balaban J connectivity index is 1.87. The molecule has 2 rings (SSSR count). The quantitative estimate of drug-likeness (QED) is 0.813. The van der Waals surface area contributed by atoms with Gasteiger partial charge in [0, 0.05) is 6.04 Å². The van der Waals surface area contributed by atoms with Gasteiger partial charge in [-0.2, -0.15) is 0 Å². The van der Waals surface area contributed by atoms with Crippen LogP contribution in [0.1, 0.15) is 39.5 Å². The molecule has 0 atom stereocenters. The van der Waals surface area contributed by atoms with E-state index in [0.29, 0.717) is 11.5 Å². The molecule has 0 saturated heterocycles. The van der Waals surface area contributed by atoms with E-state index in [9.17, 15) is 0 Å². The molecule has 0 radical (unpaired) electrons. The van der Waals surface area contributed by atoms with Crippen LogP contribution in [0.3, 0.4) is 0 Å². The number of hydrogen-bond acceptors (Lipinski definition) is 4. The molecule has 84 valence electrons. The molecule has 1 fully saturated rings. The van der Waals surface area contributed by atoms with Gasteiger partial charge in [0.05, 0.1) is 6.20 Å². The van der Waals surface area contributed by atoms with Crippen molar-refractivity contribution in [1.82, 2.24) is 4.98 Å². The summed E-state index contributed by atoms with van der Waals surface area (Å²) in [4.78, 5) is 4.23. The Morgan fingerprint density at radius 2 is 2.13 bits per heavy atom. The highest BCUT2D eigenvalue weighted by atomic mass is 32.1. The second-order valence-electron chi connectivity index (χ2n) is 5.15. The smallest absolute Gasteiger partial charge is 0.184 e. The highest BCUT2D eigenvalue weighted by Gasteiger charge is 2.26. The fourth-order valence-corrected chi connectivity index (χ4v) is 2.73. The molecule has 1 aromatic rings. The lowest BCUT2D eigenvalue weighted by Crippen LogP contribution is -2.29. The van der Waals surface area contributed by atoms with E-state index < -0.39 is 0 Å². The summed E-state index contributed by atoms with van der Waals surface area (Å²) in [6, 6.07) is 0.587. The van der Waals surface area contributed by atoms with Gasteiger partial charge in [-0.05, 0) is 31.1 Å². The molecule has 1 aromatic heterocycles. The molecular weight excluding hydrogens is 206 g/mol. The van der Waals surface area contributed by atoms with E-state index in [1.54, 1.807) is 6.20 Å². The zero-order valence-corrected chi connectivity index (χ0v) is 10.2. The maximum Gasteiger partial charge on any atom is 0.184 e. The Hall–Kier alpha value is -0.770. The van der Waals surface area contributed by atoms with Gasteiger partial charge >= 0.3 is 0 Å². The van der Waals surface area contributed by atoms with E-state index in [4.69, 9.17) is 5.73 Å². The van der Waals surface area contributed by atoms with Gasteiger partial charge in [0.25, 0.3) is 0 Å². The molecule has 1 heterocycles. The van der Waals surface area contributed by atoms with Crippen molar-refractivity contribution in [3.63, 3.8) is 0 Å². The second kappa shape index (κ2) is 4.00. The highest BCUT2D eigenvalue weighted by Crippen LogP contribution is 2.36. The van der Waals surface area contributed by atoms with E-state index in [-0.39, 0.29) is 0 Å². The topological polar surface area (TPSA) is 50.9 Å². The summed E-state index contributed by atoms with van der Waals surface area (Å²) in [5.74, 6) is 0. The van der Waals surface area contributed by atoms with Gasteiger partial charge in [0.1, 0.15) is 5.00 Å². The molecule has 0 bridgehead atoms. The molecule has 0 spiro atoms. The minimum absolute atomic E-state index is 0.528. The first-order valence-corrected chi connectivity index (χ1v) is 6.35. The van der Waals surface area contributed by atoms with Crippen LogP contribution in [-0.2, 0) is 0 Å². The molecule has 0 amide bonds. The fourth-order valence-electron chi connectivity index (χ4n) is 2.07. The molecule has 1 saturated carbocycles. The Labute approximate surface area is 95.1 Å². The first-order valence-electron chi connectivity index (χ1n) is 5.53. The van der Waals surface area contributed by atoms with Crippen LogP contribution in [0, 0.1) is 5.41 Å². The number of nitrogens with two attached hydrogens (primary N) is 1. The van der Waals surface area contributed by atoms with Crippen molar-refractivity contribution < 1.29 is 0 Å². The maximum atomic E-state index is 5.64. The van der Waals surface area contributed by atoms with E-state index in [2.05, 4.69) is 24.1 Å². The predicted molar refractivity (Wildman–Crippen MR) is 66.2 cm³/mol. The lowest BCUT2D eigenvalue weighted by atomic mass is 9.76. The van der Waals surface area contributed by atoms with Gasteiger partial charge in [0.2, 0.25) is 0 Å². The summed E-state index contributed by atoms with van der Waals surface area (Å²) in [5.41, 5.74) is 6.17. The monoisotopic (exact) mass is 225 g/mol. The zero-order valence-electron chi connectivity index (χ0n) is 9.42. The van der Waals surface area contributed by atoms with Crippen LogP contribution < -0.4 is 11.1 Å². The van der Waals surface area contributed by atoms with Crippen LogP contribution in [-0.4, -0.2) is 11.0 Å². The molecule has 4 heteroatoms. The molecule has 3 nitrogen and oxygen atoms in total. The van der Waals surface area contributed by atoms with Crippen LogP contribution in [0.4, 0.5) is 10.1 Å². The van der Waals surface area contributed by atoms with Crippen LogP contribution in [0.25, 0.3) is 0 Å². The van der Waals surface area contributed by atoms with Crippen molar-refractivity contribution >= 4 is 21.5 Å². The number of nitrogens with zero attached hydrogens (tertiary/aromatic N) is 1. The third-order valence-corrected chi connectivity index (χ3v) is 3.95. The Morgan fingerprint density at radius 3 is 2.67 bits per heavy atom. The molecule has 0 aromatic carbocycles. The SMILES string of the molecule is CC1(C)CCC(Nc2ncc(N)s2)CC1. The highest BCUT2D eigenvalue weighted by molar-refractivity contribution is 7.19. The standard InChI is InChI=1S/C11H19N3S/c1-11(2)5-3-8(4-6-11)14-10-13-7-9(12)15-10/h7-8H,3-6,12H2,1-2H3,(H,13,14). The summed E-state index contributed by atoms with van der Waals surface area (Å²) in [5, 5.41) is 5.22. The van der Waals surface area contributed by atoms with Crippen molar-refractivity contribution in [2.45, 2.75) is 45.6 Å². The van der Waals surface area contributed by atoms with Crippen molar-refractivity contribution in [3.05, 3.63) is 6.20 Å². The van der Waals surface area contributed by atoms with Gasteiger partial charge in [-0.3, -0.25) is 0 Å². The maximum absolute atomic E-state index is 5.64. The molecule has 0 unspecified atom stereocenters. The molecule has 3 N–H and O–H groups in total. The first kappa shape index (κ1) is 10.7. The number of thiazole rings is 1. The number of hydrogen-bond donors (Lipinski definition) is 2. The van der Waals surface area contributed by atoms with E-state index in [1.165, 1.54) is 37.0 Å². The van der Waals surface area contributed by atoms with E-state index in [0.717, 1.165) is 10.1 Å². The van der Waals surface area contributed by atoms with E-state index >= 15 is 0 Å². The second-order valence-corrected chi connectivity index (χ2v) is 6.21. The Bertz CT molecular complexity index is 322. The number of rotatable bonds is 2. The predicted octanol–water partition coefficient (Wildman–Crippen LogP) is 3.11. The average molecular weight is 225 g/mol. The Morgan fingerprint density at radius 1 is 1.47 bits per heavy atom. The third kappa shape index (κ3) is 2.84. The van der Waals surface area contributed by atoms with Crippen molar-refractivity contribution in [2.24, 2.45) is 5.41 Å². The van der Waals surface area contributed by atoms with Gasteiger partial charge < -0.3 is 11.1 Å². The van der Waals surface area contributed by atoms with Gasteiger partial charge in [-0.15, -0.1) is 0 Å². The van der Waals surface area contributed by atoms with Gasteiger partial charge in [-0.1, -0.05) is 25.2 Å². The molecule has 0 aliphatic heterocycles. The fraction of sp³-hybridized carbons (Fsp3) is 0.727. The summed E-state index contributed by atoms with van der Waals surface area (Å²) in [7, 11) is 0. The lowest BCUT2D eigenvalue weighted by molar-refractivity contribution is 0.232. The summed E-state index contributed by atoms with van der Waals surface area (Å²) in [6.45, 7) is 4.70. The number of nitrogens with one attached hydrogen (secondary N) is 1. The van der Waals surface area contributed by atoms with Crippen LogP contribution >= 0.6 is 11.3 Å². The third-order valence-electron chi connectivity index (χ3n) is 3.19. The minimum atomic E-state index is 0.528. The number of anilines is 2. The van der Waals surface area contributed by atoms with Crippen LogP contribution in [0.2, 0.25) is 0 Å². The Kier molecular flexibility index (Phi) is 2.87. The zero-order chi connectivity index (χ0) is 10.9. The minimum Gasteiger partial charge on any atom is -0.389 e. The van der Waals surface area contributed by atoms with Crippen molar-refractivity contribution in [2.75, 3.05) is 11.1 Å². The van der Waals surface area contributed by atoms with Crippen molar-refractivity contribution in [1.29, 1.82) is 0 Å². The molecular formula is C11H19N3S. The van der Waals surface area contributed by atoms with E-state index in [1.807, 2.05) is 0 Å². The normalized spacial score (nSPS) is 21.5. The van der Waals surface area contributed by atoms with Gasteiger partial charge in [0.15, 0.2) is 5.13 Å². The van der Waals surface area contributed by atoms with Gasteiger partial charge in [-0.25, -0.2) is 4.98 Å². The average Bonchev–Trinajstić information content (AvgIpc) is 2.55. The largest absolute Gasteiger partial charge is 0.389 e. The number of nitrogen functional groups attached to an aromatic ring is 1. The number of aromatic nitrogens is 1. The molecule has 15 heavy (non-hydrogen) atoms.